The molecule has 0 atom stereocenters. The van der Waals surface area contributed by atoms with E-state index in [4.69, 9.17) is 9.94 Å². The first-order valence-corrected chi connectivity index (χ1v) is 6.26. The van der Waals surface area contributed by atoms with Crippen LogP contribution in [0.1, 0.15) is 28.5 Å². The molecule has 7 heteroatoms. The minimum absolute atomic E-state index is 0. The molecule has 0 unspecified atom stereocenters. The first-order valence-electron chi connectivity index (χ1n) is 6.26. The molecule has 1 heterocycles. The van der Waals surface area contributed by atoms with Gasteiger partial charge in [0.1, 0.15) is 5.75 Å². The summed E-state index contributed by atoms with van der Waals surface area (Å²) in [6, 6.07) is 9.57. The predicted molar refractivity (Wildman–Crippen MR) is 74.8 cm³/mol. The molecule has 1 aromatic heterocycles. The van der Waals surface area contributed by atoms with E-state index in [1.54, 1.807) is 31.3 Å². The summed E-state index contributed by atoms with van der Waals surface area (Å²) in [5, 5.41) is 21.1. The van der Waals surface area contributed by atoms with Crippen LogP contribution in [0.5, 0.6) is 5.75 Å². The number of aromatic carboxylic acids is 1. The van der Waals surface area contributed by atoms with Crippen LogP contribution < -0.4 is 17.6 Å². The maximum Gasteiger partial charge on any atom is 0.335 e. The Kier molecular flexibility index (Phi) is 6.34. The molecule has 116 valence electrons. The number of halogens is 1. The molecule has 0 saturated heterocycles. The number of aromatic nitrogens is 1. The van der Waals surface area contributed by atoms with E-state index in [0.717, 1.165) is 5.56 Å². The van der Waals surface area contributed by atoms with Gasteiger partial charge in [0.2, 0.25) is 0 Å². The fourth-order valence-electron chi connectivity index (χ4n) is 1.71. The zero-order chi connectivity index (χ0) is 15.2. The summed E-state index contributed by atoms with van der Waals surface area (Å²) in [4.78, 5) is 20.1. The number of nitrogens with zero attached hydrogens (tertiary/aromatic N) is 1. The van der Waals surface area contributed by atoms with Crippen molar-refractivity contribution in [1.29, 1.82) is 0 Å². The maximum absolute atomic E-state index is 10.7. The van der Waals surface area contributed by atoms with E-state index in [-0.39, 0.29) is 30.3 Å². The summed E-state index contributed by atoms with van der Waals surface area (Å²) < 4.78 is 0. The number of nitrogens with one attached hydrogen (secondary N) is 1. The Morgan fingerprint density at radius 2 is 1.95 bits per heavy atom. The quantitative estimate of drug-likeness (QED) is 0.418. The number of pyridine rings is 1. The third kappa shape index (κ3) is 4.46. The summed E-state index contributed by atoms with van der Waals surface area (Å²) in [6.45, 7) is 1.99. The second kappa shape index (κ2) is 7.99. The van der Waals surface area contributed by atoms with Crippen LogP contribution in [0.4, 0.5) is 0 Å². The Morgan fingerprint density at radius 1 is 1.27 bits per heavy atom. The second-order valence-electron chi connectivity index (χ2n) is 4.39. The van der Waals surface area contributed by atoms with E-state index < -0.39 is 5.97 Å². The number of benzene rings is 1. The molecule has 0 fully saturated rings. The van der Waals surface area contributed by atoms with Gasteiger partial charge in [0, 0.05) is 13.1 Å². The molecule has 22 heavy (non-hydrogen) atoms. The SMILES string of the molecule is CC(=[NH+]OCc1ccc(C(=O)O)cc1)c1ncccc1O.[Cl-]. The highest BCUT2D eigenvalue weighted by molar-refractivity contribution is 5.94. The molecule has 0 aliphatic rings. The Hall–Kier alpha value is -2.60. The summed E-state index contributed by atoms with van der Waals surface area (Å²) in [7, 11) is 0. The van der Waals surface area contributed by atoms with Gasteiger partial charge >= 0.3 is 5.97 Å². The fourth-order valence-corrected chi connectivity index (χ4v) is 1.71. The summed E-state index contributed by atoms with van der Waals surface area (Å²) in [5.41, 5.74) is 2.05. The van der Waals surface area contributed by atoms with Crippen LogP contribution in [-0.4, -0.2) is 26.9 Å². The van der Waals surface area contributed by atoms with Crippen LogP contribution in [0.2, 0.25) is 0 Å². The number of carbonyl (C=O) groups is 1. The zero-order valence-electron chi connectivity index (χ0n) is 11.8. The van der Waals surface area contributed by atoms with Crippen molar-refractivity contribution in [3.8, 4) is 5.75 Å². The van der Waals surface area contributed by atoms with Crippen molar-refractivity contribution >= 4 is 11.7 Å². The van der Waals surface area contributed by atoms with E-state index in [0.29, 0.717) is 11.4 Å². The number of hydrogen-bond donors (Lipinski definition) is 3. The Balaban J connectivity index is 0.00000242. The van der Waals surface area contributed by atoms with E-state index in [1.165, 1.54) is 18.2 Å². The molecule has 1 aromatic carbocycles. The number of rotatable bonds is 5. The second-order valence-corrected chi connectivity index (χ2v) is 4.39. The summed E-state index contributed by atoms with van der Waals surface area (Å²) in [6.07, 6.45) is 1.57. The third-order valence-electron chi connectivity index (χ3n) is 2.81. The molecule has 0 saturated carbocycles. The van der Waals surface area contributed by atoms with Crippen LogP contribution >= 0.6 is 0 Å². The molecule has 0 spiro atoms. The van der Waals surface area contributed by atoms with Gasteiger partial charge in [-0.25, -0.2) is 9.78 Å². The smallest absolute Gasteiger partial charge is 0.335 e. The Labute approximate surface area is 133 Å². The van der Waals surface area contributed by atoms with Crippen molar-refractivity contribution < 1.29 is 37.4 Å². The van der Waals surface area contributed by atoms with Crippen LogP contribution in [0.25, 0.3) is 0 Å². The number of aromatic hydroxyl groups is 1. The predicted octanol–water partition coefficient (Wildman–Crippen LogP) is -2.49. The average molecular weight is 323 g/mol. The van der Waals surface area contributed by atoms with Gasteiger partial charge in [-0.3, -0.25) is 4.84 Å². The van der Waals surface area contributed by atoms with Crippen molar-refractivity contribution in [3.63, 3.8) is 0 Å². The molecule has 2 rings (SSSR count). The van der Waals surface area contributed by atoms with Crippen molar-refractivity contribution in [2.75, 3.05) is 0 Å². The van der Waals surface area contributed by atoms with Crippen LogP contribution in [-0.2, 0) is 11.4 Å². The van der Waals surface area contributed by atoms with Crippen molar-refractivity contribution in [2.45, 2.75) is 13.5 Å². The van der Waals surface area contributed by atoms with Gasteiger partial charge in [-0.2, -0.15) is 0 Å². The van der Waals surface area contributed by atoms with Gasteiger partial charge in [0.25, 0.3) is 5.71 Å². The highest BCUT2D eigenvalue weighted by Crippen LogP contribution is 2.11. The molecular weight excluding hydrogens is 308 g/mol. The van der Waals surface area contributed by atoms with Gasteiger partial charge < -0.3 is 22.6 Å². The number of hydrogen-bond acceptors (Lipinski definition) is 4. The van der Waals surface area contributed by atoms with Crippen LogP contribution in [0, 0.1) is 0 Å². The molecule has 0 aliphatic heterocycles. The monoisotopic (exact) mass is 322 g/mol. The molecule has 6 nitrogen and oxygen atoms in total. The first-order chi connectivity index (χ1) is 10.1. The van der Waals surface area contributed by atoms with Crippen LogP contribution in [0.15, 0.2) is 42.6 Å². The normalized spacial score (nSPS) is 10.7. The topological polar surface area (TPSA) is 93.6 Å². The lowest BCUT2D eigenvalue weighted by Gasteiger charge is -1.99. The summed E-state index contributed by atoms with van der Waals surface area (Å²) >= 11 is 0. The minimum atomic E-state index is -0.963. The maximum atomic E-state index is 10.7. The van der Waals surface area contributed by atoms with Gasteiger partial charge in [-0.1, -0.05) is 12.1 Å². The largest absolute Gasteiger partial charge is 1.00 e. The van der Waals surface area contributed by atoms with Gasteiger partial charge in [0.15, 0.2) is 12.3 Å². The highest BCUT2D eigenvalue weighted by atomic mass is 35.5. The lowest BCUT2D eigenvalue weighted by atomic mass is 10.1. The zero-order valence-corrected chi connectivity index (χ0v) is 12.5. The molecule has 2 aromatic rings. The fraction of sp³-hybridized carbons (Fsp3) is 0.133. The lowest BCUT2D eigenvalue weighted by molar-refractivity contribution is -0.758. The minimum Gasteiger partial charge on any atom is -1.00 e. The molecule has 3 N–H and O–H groups in total. The molecular formula is C15H15ClN2O4. The summed E-state index contributed by atoms with van der Waals surface area (Å²) in [5.74, 6) is -0.896. The standard InChI is InChI=1S/C15H14N2O4.ClH/c1-10(14-13(18)3-2-8-16-14)17-21-9-11-4-6-12(7-5-11)15(19)20;/h2-8,18H,9H2,1H3,(H,19,20);1H. The van der Waals surface area contributed by atoms with Crippen molar-refractivity contribution in [3.05, 3.63) is 59.4 Å². The first kappa shape index (κ1) is 17.5. The third-order valence-corrected chi connectivity index (χ3v) is 2.81. The average Bonchev–Trinajstić information content (AvgIpc) is 2.48. The Morgan fingerprint density at radius 3 is 2.55 bits per heavy atom. The number of carboxylic acid groups (broad SMARTS) is 1. The van der Waals surface area contributed by atoms with Crippen molar-refractivity contribution in [1.82, 2.24) is 4.98 Å². The number of carboxylic acids is 1. The van der Waals surface area contributed by atoms with E-state index in [1.807, 2.05) is 0 Å². The molecule has 0 amide bonds. The van der Waals surface area contributed by atoms with Crippen molar-refractivity contribution in [2.24, 2.45) is 0 Å². The van der Waals surface area contributed by atoms with Gasteiger partial charge in [0.05, 0.1) is 5.56 Å². The Bertz CT molecular complexity index is 671. The van der Waals surface area contributed by atoms with Gasteiger partial charge in [-0.05, 0) is 35.0 Å². The lowest BCUT2D eigenvalue weighted by Crippen LogP contribution is -3.00. The molecule has 0 bridgehead atoms. The van der Waals surface area contributed by atoms with Gasteiger partial charge in [-0.15, -0.1) is 0 Å². The van der Waals surface area contributed by atoms with Crippen LogP contribution in [0.3, 0.4) is 0 Å². The van der Waals surface area contributed by atoms with E-state index in [2.05, 4.69) is 10.1 Å². The van der Waals surface area contributed by atoms with E-state index in [9.17, 15) is 9.90 Å². The molecule has 0 aliphatic carbocycles. The molecule has 0 radical (unpaired) electrons. The highest BCUT2D eigenvalue weighted by Gasteiger charge is 2.11. The van der Waals surface area contributed by atoms with E-state index >= 15 is 0 Å².